The second-order valence-corrected chi connectivity index (χ2v) is 3.24. The van der Waals surface area contributed by atoms with Crippen LogP contribution in [0.4, 0.5) is 11.8 Å². The summed E-state index contributed by atoms with van der Waals surface area (Å²) in [7, 11) is 1.64. The van der Waals surface area contributed by atoms with Crippen LogP contribution in [0, 0.1) is 0 Å². The Labute approximate surface area is 91.4 Å². The number of amides is 1. The van der Waals surface area contributed by atoms with Crippen molar-refractivity contribution in [2.75, 3.05) is 23.9 Å². The number of aromatic nitrogens is 2. The van der Waals surface area contributed by atoms with Crippen molar-refractivity contribution in [2.45, 2.75) is 0 Å². The molecule has 82 valence electrons. The first-order valence-corrected chi connectivity index (χ1v) is 4.41. The Morgan fingerprint density at radius 2 is 2.40 bits per heavy atom. The van der Waals surface area contributed by atoms with Crippen LogP contribution in [0.2, 0.25) is 5.02 Å². The van der Waals surface area contributed by atoms with Crippen LogP contribution in [-0.2, 0) is 4.79 Å². The number of anilines is 2. The van der Waals surface area contributed by atoms with Gasteiger partial charge in [-0.2, -0.15) is 4.98 Å². The molecular weight excluding hydrogens is 220 g/mol. The average Bonchev–Trinajstić information content (AvgIpc) is 2.17. The molecule has 7 nitrogen and oxygen atoms in total. The van der Waals surface area contributed by atoms with Gasteiger partial charge in [-0.25, -0.2) is 10.8 Å². The number of halogens is 1. The lowest BCUT2D eigenvalue weighted by Crippen LogP contribution is -2.31. The molecule has 0 aliphatic heterocycles. The van der Waals surface area contributed by atoms with Gasteiger partial charge < -0.3 is 10.6 Å². The molecule has 0 aliphatic carbocycles. The first-order valence-electron chi connectivity index (χ1n) is 4.03. The zero-order chi connectivity index (χ0) is 11.4. The summed E-state index contributed by atoms with van der Waals surface area (Å²) in [5, 5.41) is 0.317. The summed E-state index contributed by atoms with van der Waals surface area (Å²) in [6.45, 7) is 0.0146. The summed E-state index contributed by atoms with van der Waals surface area (Å²) < 4.78 is 0. The molecule has 0 saturated carbocycles. The highest BCUT2D eigenvalue weighted by atomic mass is 35.5. The van der Waals surface area contributed by atoms with Crippen LogP contribution >= 0.6 is 11.6 Å². The number of hydrogen-bond donors (Lipinski definition) is 3. The quantitative estimate of drug-likeness (QED) is 0.468. The summed E-state index contributed by atoms with van der Waals surface area (Å²) in [6.07, 6.45) is 1.39. The smallest absolute Gasteiger partial charge is 0.239 e. The summed E-state index contributed by atoms with van der Waals surface area (Å²) >= 11 is 5.84. The molecule has 0 radical (unpaired) electrons. The van der Waals surface area contributed by atoms with Crippen molar-refractivity contribution in [2.24, 2.45) is 11.6 Å². The van der Waals surface area contributed by atoms with Crippen molar-refractivity contribution in [3.8, 4) is 0 Å². The molecule has 5 N–H and O–H groups in total. The van der Waals surface area contributed by atoms with Crippen molar-refractivity contribution < 1.29 is 4.79 Å². The Kier molecular flexibility index (Phi) is 3.64. The largest absolute Gasteiger partial charge is 0.368 e. The van der Waals surface area contributed by atoms with E-state index in [0.717, 1.165) is 0 Å². The Balaban J connectivity index is 2.95. The maximum Gasteiger partial charge on any atom is 0.239 e. The molecule has 1 amide bonds. The van der Waals surface area contributed by atoms with E-state index in [2.05, 4.69) is 15.4 Å². The Hall–Kier alpha value is -1.60. The maximum atomic E-state index is 10.7. The fourth-order valence-electron chi connectivity index (χ4n) is 1.00. The zero-order valence-electron chi connectivity index (χ0n) is 8.07. The van der Waals surface area contributed by atoms with Crippen LogP contribution in [-0.4, -0.2) is 29.5 Å². The van der Waals surface area contributed by atoms with Gasteiger partial charge in [0.05, 0.1) is 12.7 Å². The highest BCUT2D eigenvalue weighted by Gasteiger charge is 2.11. The van der Waals surface area contributed by atoms with E-state index in [-0.39, 0.29) is 12.5 Å². The SMILES string of the molecule is CN(CC(N)=O)c1nc(NN)ncc1Cl. The summed E-state index contributed by atoms with van der Waals surface area (Å²) in [4.78, 5) is 20.0. The molecule has 1 aromatic heterocycles. The minimum absolute atomic E-state index is 0.0146. The minimum atomic E-state index is -0.477. The predicted molar refractivity (Wildman–Crippen MR) is 57.3 cm³/mol. The number of primary amides is 1. The van der Waals surface area contributed by atoms with Crippen LogP contribution in [0.1, 0.15) is 0 Å². The average molecular weight is 231 g/mol. The Morgan fingerprint density at radius 3 is 2.93 bits per heavy atom. The molecule has 1 heterocycles. The van der Waals surface area contributed by atoms with E-state index >= 15 is 0 Å². The van der Waals surface area contributed by atoms with Crippen molar-refractivity contribution >= 4 is 29.3 Å². The lowest BCUT2D eigenvalue weighted by Gasteiger charge is -2.17. The van der Waals surface area contributed by atoms with Gasteiger partial charge >= 0.3 is 0 Å². The summed E-state index contributed by atoms with van der Waals surface area (Å²) in [5.41, 5.74) is 7.32. The molecule has 0 saturated heterocycles. The van der Waals surface area contributed by atoms with Gasteiger partial charge in [0.1, 0.15) is 5.02 Å². The molecule has 0 bridgehead atoms. The van der Waals surface area contributed by atoms with Gasteiger partial charge in [0.15, 0.2) is 5.82 Å². The third-order valence-corrected chi connectivity index (χ3v) is 1.88. The van der Waals surface area contributed by atoms with E-state index in [1.54, 1.807) is 7.05 Å². The van der Waals surface area contributed by atoms with Gasteiger partial charge in [0.25, 0.3) is 0 Å². The number of rotatable bonds is 4. The topological polar surface area (TPSA) is 110 Å². The van der Waals surface area contributed by atoms with Gasteiger partial charge in [0, 0.05) is 7.05 Å². The number of carbonyl (C=O) groups excluding carboxylic acids is 1. The van der Waals surface area contributed by atoms with E-state index in [4.69, 9.17) is 23.2 Å². The number of carbonyl (C=O) groups is 1. The van der Waals surface area contributed by atoms with Crippen LogP contribution in [0.5, 0.6) is 0 Å². The van der Waals surface area contributed by atoms with Gasteiger partial charge in [-0.15, -0.1) is 0 Å². The van der Waals surface area contributed by atoms with Crippen molar-refractivity contribution in [3.63, 3.8) is 0 Å². The van der Waals surface area contributed by atoms with Crippen LogP contribution in [0.3, 0.4) is 0 Å². The normalized spacial score (nSPS) is 9.80. The van der Waals surface area contributed by atoms with E-state index in [9.17, 15) is 4.79 Å². The van der Waals surface area contributed by atoms with Gasteiger partial charge in [-0.3, -0.25) is 10.2 Å². The number of hydrazine groups is 1. The van der Waals surface area contributed by atoms with Gasteiger partial charge in [-0.1, -0.05) is 11.6 Å². The molecule has 1 aromatic rings. The van der Waals surface area contributed by atoms with E-state index in [1.165, 1.54) is 11.1 Å². The monoisotopic (exact) mass is 230 g/mol. The molecule has 15 heavy (non-hydrogen) atoms. The molecule has 0 spiro atoms. The molecule has 0 unspecified atom stereocenters. The van der Waals surface area contributed by atoms with Crippen molar-refractivity contribution in [3.05, 3.63) is 11.2 Å². The molecule has 0 atom stereocenters. The highest BCUT2D eigenvalue weighted by molar-refractivity contribution is 6.32. The fraction of sp³-hybridized carbons (Fsp3) is 0.286. The van der Waals surface area contributed by atoms with E-state index in [0.29, 0.717) is 10.8 Å². The van der Waals surface area contributed by atoms with Crippen LogP contribution in [0.15, 0.2) is 6.20 Å². The van der Waals surface area contributed by atoms with Crippen LogP contribution < -0.4 is 21.9 Å². The first-order chi connectivity index (χ1) is 7.04. The fourth-order valence-corrected chi connectivity index (χ4v) is 1.24. The zero-order valence-corrected chi connectivity index (χ0v) is 8.82. The Bertz CT molecular complexity index is 370. The maximum absolute atomic E-state index is 10.7. The predicted octanol–water partition coefficient (Wildman–Crippen LogP) is -0.663. The lowest BCUT2D eigenvalue weighted by atomic mass is 10.4. The molecule has 8 heteroatoms. The number of likely N-dealkylation sites (N-methyl/N-ethyl adjacent to an activating group) is 1. The number of nitrogens with two attached hydrogens (primary N) is 2. The molecular formula is C7H11ClN6O. The molecule has 0 fully saturated rings. The number of nitrogens with zero attached hydrogens (tertiary/aromatic N) is 3. The second kappa shape index (κ2) is 4.76. The highest BCUT2D eigenvalue weighted by Crippen LogP contribution is 2.21. The van der Waals surface area contributed by atoms with Gasteiger partial charge in [0.2, 0.25) is 11.9 Å². The third-order valence-electron chi connectivity index (χ3n) is 1.61. The van der Waals surface area contributed by atoms with Crippen LogP contribution in [0.25, 0.3) is 0 Å². The lowest BCUT2D eigenvalue weighted by molar-refractivity contribution is -0.116. The third kappa shape index (κ3) is 2.93. The number of hydrogen-bond acceptors (Lipinski definition) is 6. The summed E-state index contributed by atoms with van der Waals surface area (Å²) in [5.74, 6) is 5.27. The molecule has 0 aliphatic rings. The molecule has 1 rings (SSSR count). The van der Waals surface area contributed by atoms with Crippen molar-refractivity contribution in [1.82, 2.24) is 9.97 Å². The number of nitrogen functional groups attached to an aromatic ring is 1. The standard InChI is InChI=1S/C7H11ClN6O/c1-14(3-5(9)15)6-4(8)2-11-7(12-6)13-10/h2H,3,10H2,1H3,(H2,9,15)(H,11,12,13). The summed E-state index contributed by atoms with van der Waals surface area (Å²) in [6, 6.07) is 0. The van der Waals surface area contributed by atoms with E-state index in [1.807, 2.05) is 0 Å². The van der Waals surface area contributed by atoms with Crippen molar-refractivity contribution in [1.29, 1.82) is 0 Å². The number of nitrogens with one attached hydrogen (secondary N) is 1. The van der Waals surface area contributed by atoms with E-state index < -0.39 is 5.91 Å². The first kappa shape index (κ1) is 11.5. The Morgan fingerprint density at radius 1 is 1.73 bits per heavy atom. The molecule has 0 aromatic carbocycles. The minimum Gasteiger partial charge on any atom is -0.368 e. The second-order valence-electron chi connectivity index (χ2n) is 2.83. The van der Waals surface area contributed by atoms with Gasteiger partial charge in [-0.05, 0) is 0 Å².